The molecule has 0 aromatic heterocycles. The molecule has 2 rings (SSSR count). The molecule has 128 valence electrons. The van der Waals surface area contributed by atoms with Gasteiger partial charge in [0.05, 0.1) is 0 Å². The second kappa shape index (κ2) is 6.81. The van der Waals surface area contributed by atoms with Crippen LogP contribution in [0.1, 0.15) is 64.2 Å². The maximum absolute atomic E-state index is 14.1. The van der Waals surface area contributed by atoms with E-state index in [1.165, 1.54) is 4.90 Å². The fourth-order valence-electron chi connectivity index (χ4n) is 3.66. The highest BCUT2D eigenvalue weighted by Gasteiger charge is 2.54. The molecule has 4 nitrogen and oxygen atoms in total. The van der Waals surface area contributed by atoms with Crippen molar-refractivity contribution < 1.29 is 22.0 Å². The molecule has 0 N–H and O–H groups in total. The van der Waals surface area contributed by atoms with Crippen molar-refractivity contribution in [2.75, 3.05) is 6.26 Å². The van der Waals surface area contributed by atoms with Crippen molar-refractivity contribution in [3.63, 3.8) is 0 Å². The van der Waals surface area contributed by atoms with Gasteiger partial charge in [-0.3, -0.25) is 4.79 Å². The van der Waals surface area contributed by atoms with Crippen molar-refractivity contribution in [1.29, 1.82) is 0 Å². The zero-order valence-corrected chi connectivity index (χ0v) is 13.9. The first kappa shape index (κ1) is 17.6. The highest BCUT2D eigenvalue weighted by Crippen LogP contribution is 2.34. The zero-order valence-electron chi connectivity index (χ0n) is 13.1. The van der Waals surface area contributed by atoms with Crippen LogP contribution >= 0.6 is 0 Å². The van der Waals surface area contributed by atoms with E-state index < -0.39 is 21.0 Å². The Labute approximate surface area is 131 Å². The molecule has 0 aromatic carbocycles. The van der Waals surface area contributed by atoms with Gasteiger partial charge in [0.2, 0.25) is 9.84 Å². The average molecular weight is 337 g/mol. The lowest BCUT2D eigenvalue weighted by Gasteiger charge is -2.42. The first-order valence-electron chi connectivity index (χ1n) is 8.15. The molecule has 0 aliphatic heterocycles. The number of amides is 1. The lowest BCUT2D eigenvalue weighted by molar-refractivity contribution is -0.154. The van der Waals surface area contributed by atoms with Crippen molar-refractivity contribution in [2.45, 2.75) is 81.5 Å². The molecule has 2 fully saturated rings. The van der Waals surface area contributed by atoms with Gasteiger partial charge in [-0.1, -0.05) is 38.5 Å². The summed E-state index contributed by atoms with van der Waals surface area (Å²) in [5.41, 5.74) is 0. The van der Waals surface area contributed by atoms with Crippen molar-refractivity contribution >= 4 is 15.7 Å². The minimum atomic E-state index is -4.75. The van der Waals surface area contributed by atoms with Gasteiger partial charge in [0.1, 0.15) is 0 Å². The van der Waals surface area contributed by atoms with Gasteiger partial charge in [-0.15, -0.1) is 0 Å². The monoisotopic (exact) mass is 337 g/mol. The molecule has 1 amide bonds. The number of halogens is 2. The summed E-state index contributed by atoms with van der Waals surface area (Å²) in [6.07, 6.45) is 8.95. The van der Waals surface area contributed by atoms with Crippen molar-refractivity contribution in [1.82, 2.24) is 4.90 Å². The Kier molecular flexibility index (Phi) is 5.45. The van der Waals surface area contributed by atoms with E-state index in [1.807, 2.05) is 0 Å². The van der Waals surface area contributed by atoms with Gasteiger partial charge in [0, 0.05) is 18.3 Å². The molecular formula is C15H25F2NO3S. The minimum Gasteiger partial charge on any atom is -0.331 e. The van der Waals surface area contributed by atoms with E-state index in [0.29, 0.717) is 31.9 Å². The first-order valence-corrected chi connectivity index (χ1v) is 10.0. The van der Waals surface area contributed by atoms with Crippen molar-refractivity contribution in [3.05, 3.63) is 0 Å². The van der Waals surface area contributed by atoms with Crippen LogP contribution in [0.25, 0.3) is 0 Å². The molecule has 2 aliphatic rings. The molecule has 0 heterocycles. The molecule has 0 saturated heterocycles. The van der Waals surface area contributed by atoms with Crippen LogP contribution < -0.4 is 0 Å². The predicted octanol–water partition coefficient (Wildman–Crippen LogP) is 3.12. The number of rotatable bonds is 4. The summed E-state index contributed by atoms with van der Waals surface area (Å²) in [7, 11) is -4.75. The SMILES string of the molecule is CS(=O)(=O)C(F)(F)C(=O)N(C1CCCCC1)C1CCCCC1. The Morgan fingerprint density at radius 1 is 0.909 bits per heavy atom. The number of alkyl halides is 2. The lowest BCUT2D eigenvalue weighted by Crippen LogP contribution is -2.56. The molecule has 22 heavy (non-hydrogen) atoms. The second-order valence-electron chi connectivity index (χ2n) is 6.59. The van der Waals surface area contributed by atoms with E-state index in [9.17, 15) is 22.0 Å². The van der Waals surface area contributed by atoms with Crippen LogP contribution in [0.3, 0.4) is 0 Å². The molecule has 2 aliphatic carbocycles. The summed E-state index contributed by atoms with van der Waals surface area (Å²) in [6, 6.07) is -0.478. The predicted molar refractivity (Wildman–Crippen MR) is 80.4 cm³/mol. The molecule has 0 unspecified atom stereocenters. The van der Waals surface area contributed by atoms with Gasteiger partial charge >= 0.3 is 11.2 Å². The molecule has 0 atom stereocenters. The van der Waals surface area contributed by atoms with Crippen LogP contribution in [-0.2, 0) is 14.6 Å². The van der Waals surface area contributed by atoms with Crippen molar-refractivity contribution in [3.8, 4) is 0 Å². The third kappa shape index (κ3) is 3.60. The summed E-state index contributed by atoms with van der Waals surface area (Å²) in [6.45, 7) is 0. The third-order valence-electron chi connectivity index (χ3n) is 4.89. The van der Waals surface area contributed by atoms with E-state index in [2.05, 4.69) is 0 Å². The highest BCUT2D eigenvalue weighted by atomic mass is 32.2. The summed E-state index contributed by atoms with van der Waals surface area (Å²) >= 11 is 0. The number of hydrogen-bond acceptors (Lipinski definition) is 3. The second-order valence-corrected chi connectivity index (χ2v) is 8.64. The third-order valence-corrected chi connectivity index (χ3v) is 5.99. The molecule has 0 bridgehead atoms. The van der Waals surface area contributed by atoms with Crippen LogP contribution in [0, 0.1) is 0 Å². The Morgan fingerprint density at radius 2 is 1.27 bits per heavy atom. The number of carbonyl (C=O) groups excluding carboxylic acids is 1. The van der Waals surface area contributed by atoms with Crippen LogP contribution in [-0.4, -0.2) is 42.8 Å². The van der Waals surface area contributed by atoms with E-state index in [-0.39, 0.29) is 12.1 Å². The molecule has 0 radical (unpaired) electrons. The Hall–Kier alpha value is -0.720. The summed E-state index contributed by atoms with van der Waals surface area (Å²) in [4.78, 5) is 13.7. The normalized spacial score (nSPS) is 22.5. The topological polar surface area (TPSA) is 54.5 Å². The summed E-state index contributed by atoms with van der Waals surface area (Å²) < 4.78 is 50.9. The molecule has 0 aromatic rings. The van der Waals surface area contributed by atoms with E-state index in [0.717, 1.165) is 38.5 Å². The fourth-order valence-corrected chi connectivity index (χ4v) is 4.08. The molecule has 2 saturated carbocycles. The maximum Gasteiger partial charge on any atom is 0.421 e. The zero-order chi connectivity index (χ0) is 16.4. The summed E-state index contributed by atoms with van der Waals surface area (Å²) in [5, 5.41) is -4.32. The van der Waals surface area contributed by atoms with Crippen LogP contribution in [0.5, 0.6) is 0 Å². The van der Waals surface area contributed by atoms with E-state index in [1.54, 1.807) is 0 Å². The van der Waals surface area contributed by atoms with Crippen LogP contribution in [0.2, 0.25) is 0 Å². The Balaban J connectivity index is 2.28. The van der Waals surface area contributed by atoms with E-state index in [4.69, 9.17) is 0 Å². The van der Waals surface area contributed by atoms with Crippen molar-refractivity contribution in [2.24, 2.45) is 0 Å². The quantitative estimate of drug-likeness (QED) is 0.792. The van der Waals surface area contributed by atoms with Gasteiger partial charge in [0.15, 0.2) is 0 Å². The number of nitrogens with zero attached hydrogens (tertiary/aromatic N) is 1. The number of hydrogen-bond donors (Lipinski definition) is 0. The average Bonchev–Trinajstić information content (AvgIpc) is 2.48. The molecule has 0 spiro atoms. The van der Waals surface area contributed by atoms with Gasteiger partial charge < -0.3 is 4.90 Å². The minimum absolute atomic E-state index is 0.239. The molecule has 7 heteroatoms. The lowest BCUT2D eigenvalue weighted by atomic mass is 9.88. The maximum atomic E-state index is 14.1. The number of sulfone groups is 1. The van der Waals surface area contributed by atoms with Gasteiger partial charge in [-0.2, -0.15) is 8.78 Å². The smallest absolute Gasteiger partial charge is 0.331 e. The Bertz CT molecular complexity index is 477. The largest absolute Gasteiger partial charge is 0.421 e. The standard InChI is InChI=1S/C15H25F2NO3S/c1-22(20,21)15(16,17)14(19)18(12-8-4-2-5-9-12)13-10-6-3-7-11-13/h12-13H,2-11H2,1H3. The van der Waals surface area contributed by atoms with Gasteiger partial charge in [-0.05, 0) is 25.7 Å². The molecular weight excluding hydrogens is 312 g/mol. The number of carbonyl (C=O) groups is 1. The van der Waals surface area contributed by atoms with E-state index >= 15 is 0 Å². The van der Waals surface area contributed by atoms with Gasteiger partial charge in [0.25, 0.3) is 0 Å². The first-order chi connectivity index (χ1) is 10.2. The fraction of sp³-hybridized carbons (Fsp3) is 0.933. The highest BCUT2D eigenvalue weighted by molar-refractivity contribution is 7.92. The van der Waals surface area contributed by atoms with Crippen LogP contribution in [0.15, 0.2) is 0 Å². The van der Waals surface area contributed by atoms with Gasteiger partial charge in [-0.25, -0.2) is 8.42 Å². The van der Waals surface area contributed by atoms with Crippen LogP contribution in [0.4, 0.5) is 8.78 Å². The Morgan fingerprint density at radius 3 is 1.59 bits per heavy atom. The summed E-state index contributed by atoms with van der Waals surface area (Å²) in [5.74, 6) is -1.51.